The highest BCUT2D eigenvalue weighted by Crippen LogP contribution is 2.25. The van der Waals surface area contributed by atoms with E-state index in [9.17, 15) is 5.11 Å². The van der Waals surface area contributed by atoms with E-state index in [1.165, 1.54) is 11.1 Å². The standard InChI is InChI=1S/C22H26O3/c1-3-4-13-24-20-11-8-17(9-12-20)5-6-18-7-10-19-15-21(16(2)23)25-22(19)14-18/h7-12,14-16,23H,3-6,13H2,1-2H3. The van der Waals surface area contributed by atoms with Gasteiger partial charge < -0.3 is 14.3 Å². The minimum atomic E-state index is -0.575. The monoisotopic (exact) mass is 338 g/mol. The Hall–Kier alpha value is -2.26. The van der Waals surface area contributed by atoms with Crippen molar-refractivity contribution in [2.45, 2.75) is 45.6 Å². The second-order valence-corrected chi connectivity index (χ2v) is 6.54. The maximum atomic E-state index is 9.63. The number of hydrogen-bond acceptors (Lipinski definition) is 3. The summed E-state index contributed by atoms with van der Waals surface area (Å²) in [7, 11) is 0. The van der Waals surface area contributed by atoms with E-state index in [0.29, 0.717) is 5.76 Å². The fourth-order valence-electron chi connectivity index (χ4n) is 2.83. The molecule has 25 heavy (non-hydrogen) atoms. The Morgan fingerprint density at radius 2 is 1.72 bits per heavy atom. The summed E-state index contributed by atoms with van der Waals surface area (Å²) in [4.78, 5) is 0. The summed E-state index contributed by atoms with van der Waals surface area (Å²) < 4.78 is 11.4. The van der Waals surface area contributed by atoms with Crippen molar-refractivity contribution in [1.29, 1.82) is 0 Å². The first-order valence-corrected chi connectivity index (χ1v) is 9.08. The Kier molecular flexibility index (Phi) is 5.77. The topological polar surface area (TPSA) is 42.6 Å². The molecular weight excluding hydrogens is 312 g/mol. The van der Waals surface area contributed by atoms with Gasteiger partial charge in [0.25, 0.3) is 0 Å². The van der Waals surface area contributed by atoms with Gasteiger partial charge in [0.15, 0.2) is 0 Å². The van der Waals surface area contributed by atoms with E-state index < -0.39 is 6.10 Å². The number of unbranched alkanes of at least 4 members (excludes halogenated alkanes) is 1. The quantitative estimate of drug-likeness (QED) is 0.555. The van der Waals surface area contributed by atoms with Crippen LogP contribution in [0.15, 0.2) is 52.9 Å². The van der Waals surface area contributed by atoms with Gasteiger partial charge in [0.2, 0.25) is 0 Å². The minimum absolute atomic E-state index is 0.575. The number of fused-ring (bicyclic) bond motifs is 1. The third-order valence-corrected chi connectivity index (χ3v) is 4.41. The van der Waals surface area contributed by atoms with Gasteiger partial charge in [-0.15, -0.1) is 0 Å². The number of aliphatic hydroxyl groups is 1. The maximum absolute atomic E-state index is 9.63. The van der Waals surface area contributed by atoms with Crippen molar-refractivity contribution in [2.75, 3.05) is 6.61 Å². The van der Waals surface area contributed by atoms with Crippen molar-refractivity contribution in [1.82, 2.24) is 0 Å². The van der Waals surface area contributed by atoms with Gasteiger partial charge in [-0.25, -0.2) is 0 Å². The fraction of sp³-hybridized carbons (Fsp3) is 0.364. The third kappa shape index (κ3) is 4.64. The molecule has 3 aromatic rings. The Balaban J connectivity index is 1.60. The zero-order chi connectivity index (χ0) is 17.6. The summed E-state index contributed by atoms with van der Waals surface area (Å²) in [5.41, 5.74) is 3.38. The highest BCUT2D eigenvalue weighted by atomic mass is 16.5. The second kappa shape index (κ2) is 8.21. The molecule has 1 aromatic heterocycles. The SMILES string of the molecule is CCCCOc1ccc(CCc2ccc3cc(C(C)O)oc3c2)cc1. The Morgan fingerprint density at radius 3 is 2.44 bits per heavy atom. The Bertz CT molecular complexity index is 800. The molecule has 0 bridgehead atoms. The lowest BCUT2D eigenvalue weighted by Gasteiger charge is -2.07. The average molecular weight is 338 g/mol. The Morgan fingerprint density at radius 1 is 1.00 bits per heavy atom. The molecular formula is C22H26O3. The first kappa shape index (κ1) is 17.6. The van der Waals surface area contributed by atoms with Crippen LogP contribution in [0, 0.1) is 0 Å². The van der Waals surface area contributed by atoms with Crippen LogP contribution in [0.2, 0.25) is 0 Å². The van der Waals surface area contributed by atoms with Crippen molar-refractivity contribution >= 4 is 11.0 Å². The second-order valence-electron chi connectivity index (χ2n) is 6.54. The van der Waals surface area contributed by atoms with Crippen molar-refractivity contribution in [3.8, 4) is 5.75 Å². The molecule has 0 spiro atoms. The third-order valence-electron chi connectivity index (χ3n) is 4.41. The summed E-state index contributed by atoms with van der Waals surface area (Å²) in [6, 6.07) is 16.5. The first-order valence-electron chi connectivity index (χ1n) is 9.08. The lowest BCUT2D eigenvalue weighted by Crippen LogP contribution is -1.97. The molecule has 3 rings (SSSR count). The van der Waals surface area contributed by atoms with Crippen LogP contribution in [-0.4, -0.2) is 11.7 Å². The molecule has 0 aliphatic carbocycles. The van der Waals surface area contributed by atoms with Crippen molar-refractivity contribution in [2.24, 2.45) is 0 Å². The molecule has 0 aliphatic rings. The summed E-state index contributed by atoms with van der Waals surface area (Å²) in [6.45, 7) is 4.67. The van der Waals surface area contributed by atoms with Crippen LogP contribution >= 0.6 is 0 Å². The lowest BCUT2D eigenvalue weighted by atomic mass is 10.0. The van der Waals surface area contributed by atoms with E-state index in [1.807, 2.05) is 6.07 Å². The molecule has 0 saturated heterocycles. The van der Waals surface area contributed by atoms with Crippen LogP contribution in [0.4, 0.5) is 0 Å². The zero-order valence-electron chi connectivity index (χ0n) is 15.0. The van der Waals surface area contributed by atoms with E-state index in [-0.39, 0.29) is 0 Å². The predicted octanol–water partition coefficient (Wildman–Crippen LogP) is 5.45. The van der Waals surface area contributed by atoms with Crippen LogP contribution in [0.25, 0.3) is 11.0 Å². The fourth-order valence-corrected chi connectivity index (χ4v) is 2.83. The lowest BCUT2D eigenvalue weighted by molar-refractivity contribution is 0.172. The number of hydrogen-bond donors (Lipinski definition) is 1. The first-order chi connectivity index (χ1) is 12.2. The molecule has 2 aromatic carbocycles. The molecule has 0 amide bonds. The largest absolute Gasteiger partial charge is 0.494 e. The van der Waals surface area contributed by atoms with Crippen molar-refractivity contribution in [3.63, 3.8) is 0 Å². The molecule has 3 heteroatoms. The molecule has 3 nitrogen and oxygen atoms in total. The smallest absolute Gasteiger partial charge is 0.134 e. The predicted molar refractivity (Wildman–Crippen MR) is 101 cm³/mol. The number of rotatable bonds is 8. The molecule has 1 unspecified atom stereocenters. The summed E-state index contributed by atoms with van der Waals surface area (Å²) >= 11 is 0. The van der Waals surface area contributed by atoms with Crippen LogP contribution in [0.1, 0.15) is 49.7 Å². The highest BCUT2D eigenvalue weighted by Gasteiger charge is 2.09. The maximum Gasteiger partial charge on any atom is 0.134 e. The average Bonchev–Trinajstić information content (AvgIpc) is 3.05. The van der Waals surface area contributed by atoms with Crippen LogP contribution < -0.4 is 4.74 Å². The minimum Gasteiger partial charge on any atom is -0.494 e. The van der Waals surface area contributed by atoms with Crippen molar-refractivity contribution in [3.05, 3.63) is 65.4 Å². The normalized spacial score (nSPS) is 12.4. The van der Waals surface area contributed by atoms with Gasteiger partial charge in [-0.2, -0.15) is 0 Å². The number of aryl methyl sites for hydroxylation is 2. The summed E-state index contributed by atoms with van der Waals surface area (Å²) in [5, 5.41) is 10.7. The van der Waals surface area contributed by atoms with Gasteiger partial charge in [0, 0.05) is 5.39 Å². The molecule has 0 fully saturated rings. The van der Waals surface area contributed by atoms with Gasteiger partial charge in [-0.05, 0) is 61.6 Å². The highest BCUT2D eigenvalue weighted by molar-refractivity contribution is 5.78. The molecule has 1 N–H and O–H groups in total. The molecule has 1 heterocycles. The molecule has 1 atom stereocenters. The van der Waals surface area contributed by atoms with E-state index in [0.717, 1.165) is 49.0 Å². The Labute approximate surface area is 149 Å². The molecule has 132 valence electrons. The molecule has 0 aliphatic heterocycles. The van der Waals surface area contributed by atoms with Crippen LogP contribution in [0.5, 0.6) is 5.75 Å². The van der Waals surface area contributed by atoms with Crippen LogP contribution in [-0.2, 0) is 12.8 Å². The van der Waals surface area contributed by atoms with Gasteiger partial charge in [-0.3, -0.25) is 0 Å². The number of aliphatic hydroxyl groups excluding tert-OH is 1. The van der Waals surface area contributed by atoms with E-state index >= 15 is 0 Å². The summed E-state index contributed by atoms with van der Waals surface area (Å²) in [6.07, 6.45) is 3.60. The molecule has 0 radical (unpaired) electrons. The number of furan rings is 1. The van der Waals surface area contributed by atoms with Crippen LogP contribution in [0.3, 0.4) is 0 Å². The van der Waals surface area contributed by atoms with E-state index in [2.05, 4.69) is 49.4 Å². The van der Waals surface area contributed by atoms with Gasteiger partial charge >= 0.3 is 0 Å². The van der Waals surface area contributed by atoms with E-state index in [4.69, 9.17) is 9.15 Å². The number of ether oxygens (including phenoxy) is 1. The zero-order valence-corrected chi connectivity index (χ0v) is 15.0. The van der Waals surface area contributed by atoms with Gasteiger partial charge in [0.1, 0.15) is 23.2 Å². The number of benzene rings is 2. The summed E-state index contributed by atoms with van der Waals surface area (Å²) in [5.74, 6) is 1.56. The molecule has 0 saturated carbocycles. The van der Waals surface area contributed by atoms with Crippen molar-refractivity contribution < 1.29 is 14.3 Å². The van der Waals surface area contributed by atoms with Gasteiger partial charge in [0.05, 0.1) is 6.61 Å². The van der Waals surface area contributed by atoms with Gasteiger partial charge in [-0.1, -0.05) is 37.6 Å². The van der Waals surface area contributed by atoms with E-state index in [1.54, 1.807) is 6.92 Å².